The van der Waals surface area contributed by atoms with Gasteiger partial charge in [0.2, 0.25) is 0 Å². The van der Waals surface area contributed by atoms with Crippen LogP contribution in [-0.2, 0) is 6.18 Å². The number of furan rings is 1. The third-order valence-electron chi connectivity index (χ3n) is 2.91. The van der Waals surface area contributed by atoms with Crippen LogP contribution in [0.4, 0.5) is 18.9 Å². The van der Waals surface area contributed by atoms with Crippen molar-refractivity contribution in [3.63, 3.8) is 0 Å². The van der Waals surface area contributed by atoms with Crippen LogP contribution in [0, 0.1) is 0 Å². The molecule has 21 heavy (non-hydrogen) atoms. The summed E-state index contributed by atoms with van der Waals surface area (Å²) in [4.78, 5) is 0. The predicted octanol–water partition coefficient (Wildman–Crippen LogP) is 3.73. The predicted molar refractivity (Wildman–Crippen MR) is 70.7 cm³/mol. The number of nitrogens with two attached hydrogens (primary N) is 1. The smallest absolute Gasteiger partial charge is 0.435 e. The largest absolute Gasteiger partial charge is 0.463 e. The highest BCUT2D eigenvalue weighted by Crippen LogP contribution is 2.33. The number of hydrogen-bond donors (Lipinski definition) is 1. The van der Waals surface area contributed by atoms with Crippen molar-refractivity contribution in [2.75, 3.05) is 5.73 Å². The maximum absolute atomic E-state index is 12.9. The van der Waals surface area contributed by atoms with E-state index in [1.54, 1.807) is 36.4 Å². The second kappa shape index (κ2) is 4.69. The third-order valence-corrected chi connectivity index (χ3v) is 2.91. The Kier molecular flexibility index (Phi) is 2.97. The Morgan fingerprint density at radius 2 is 1.81 bits per heavy atom. The van der Waals surface area contributed by atoms with Gasteiger partial charge in [0.25, 0.3) is 0 Å². The molecule has 0 bridgehead atoms. The molecule has 3 aromatic rings. The van der Waals surface area contributed by atoms with Crippen LogP contribution >= 0.6 is 0 Å². The molecule has 0 fully saturated rings. The molecule has 2 heterocycles. The van der Waals surface area contributed by atoms with E-state index < -0.39 is 11.9 Å². The Labute approximate surface area is 117 Å². The summed E-state index contributed by atoms with van der Waals surface area (Å²) in [5.74, 6) is 0.301. The molecule has 2 N–H and O–H groups in total. The number of anilines is 1. The van der Waals surface area contributed by atoms with E-state index in [0.717, 1.165) is 6.07 Å². The van der Waals surface area contributed by atoms with Gasteiger partial charge in [0.1, 0.15) is 5.69 Å². The average molecular weight is 293 g/mol. The number of aromatic nitrogens is 2. The minimum Gasteiger partial charge on any atom is -0.463 e. The molecule has 0 saturated carbocycles. The van der Waals surface area contributed by atoms with Crippen LogP contribution in [0.25, 0.3) is 17.1 Å². The molecule has 2 aromatic heterocycles. The minimum absolute atomic E-state index is 0.220. The van der Waals surface area contributed by atoms with E-state index in [2.05, 4.69) is 5.10 Å². The zero-order valence-corrected chi connectivity index (χ0v) is 10.6. The van der Waals surface area contributed by atoms with Crippen molar-refractivity contribution >= 4 is 5.69 Å². The van der Waals surface area contributed by atoms with Gasteiger partial charge in [-0.15, -0.1) is 0 Å². The SMILES string of the molecule is Nc1ccc(-n2nc(C(F)(F)F)cc2-c2ccco2)cc1. The first kappa shape index (κ1) is 13.3. The standard InChI is InChI=1S/C14H10F3N3O/c15-14(16,17)13-8-11(12-2-1-7-21-12)20(19-13)10-5-3-9(18)4-6-10/h1-8H,18H2. The van der Waals surface area contributed by atoms with Crippen LogP contribution in [0.1, 0.15) is 5.69 Å². The number of nitrogens with zero attached hydrogens (tertiary/aromatic N) is 2. The summed E-state index contributed by atoms with van der Waals surface area (Å²) in [6.45, 7) is 0. The van der Waals surface area contributed by atoms with Crippen LogP contribution in [0.3, 0.4) is 0 Å². The molecule has 0 saturated heterocycles. The van der Waals surface area contributed by atoms with Crippen molar-refractivity contribution in [3.8, 4) is 17.1 Å². The molecule has 0 aliphatic rings. The first-order valence-electron chi connectivity index (χ1n) is 6.02. The van der Waals surface area contributed by atoms with Crippen molar-refractivity contribution in [3.05, 3.63) is 54.4 Å². The van der Waals surface area contributed by atoms with Crippen molar-refractivity contribution < 1.29 is 17.6 Å². The number of halogens is 3. The van der Waals surface area contributed by atoms with Crippen molar-refractivity contribution in [1.29, 1.82) is 0 Å². The topological polar surface area (TPSA) is 57.0 Å². The molecule has 0 aliphatic heterocycles. The molecule has 0 amide bonds. The van der Waals surface area contributed by atoms with E-state index in [-0.39, 0.29) is 5.69 Å². The van der Waals surface area contributed by atoms with Crippen molar-refractivity contribution in [2.24, 2.45) is 0 Å². The van der Waals surface area contributed by atoms with Crippen LogP contribution in [0.5, 0.6) is 0 Å². The zero-order valence-electron chi connectivity index (χ0n) is 10.6. The van der Waals surface area contributed by atoms with Gasteiger partial charge in [0, 0.05) is 11.8 Å². The molecular formula is C14H10F3N3O. The Morgan fingerprint density at radius 3 is 2.38 bits per heavy atom. The molecule has 0 unspecified atom stereocenters. The summed E-state index contributed by atoms with van der Waals surface area (Å²) in [5, 5.41) is 3.63. The van der Waals surface area contributed by atoms with E-state index in [9.17, 15) is 13.2 Å². The van der Waals surface area contributed by atoms with Gasteiger partial charge in [0.05, 0.1) is 12.0 Å². The summed E-state index contributed by atoms with van der Waals surface area (Å²) in [6.07, 6.45) is -3.14. The van der Waals surface area contributed by atoms with Gasteiger partial charge in [0.15, 0.2) is 11.5 Å². The normalized spacial score (nSPS) is 11.8. The second-order valence-corrected chi connectivity index (χ2v) is 4.39. The number of rotatable bonds is 2. The highest BCUT2D eigenvalue weighted by Gasteiger charge is 2.35. The molecule has 7 heteroatoms. The Hall–Kier alpha value is -2.70. The van der Waals surface area contributed by atoms with Gasteiger partial charge in [-0.2, -0.15) is 18.3 Å². The van der Waals surface area contributed by atoms with Gasteiger partial charge >= 0.3 is 6.18 Å². The summed E-state index contributed by atoms with van der Waals surface area (Å²) in [7, 11) is 0. The number of alkyl halides is 3. The first-order chi connectivity index (χ1) is 9.95. The monoisotopic (exact) mass is 293 g/mol. The van der Waals surface area contributed by atoms with Gasteiger partial charge in [-0.25, -0.2) is 4.68 Å². The lowest BCUT2D eigenvalue weighted by atomic mass is 10.2. The molecule has 0 radical (unpaired) electrons. The molecule has 4 nitrogen and oxygen atoms in total. The van der Waals surface area contributed by atoms with E-state index in [1.165, 1.54) is 10.9 Å². The molecule has 0 aliphatic carbocycles. The third kappa shape index (κ3) is 2.49. The maximum Gasteiger partial charge on any atom is 0.435 e. The summed E-state index contributed by atoms with van der Waals surface area (Å²) in [6, 6.07) is 10.5. The lowest BCUT2D eigenvalue weighted by Crippen LogP contribution is -2.07. The molecule has 108 valence electrons. The average Bonchev–Trinajstić information content (AvgIpc) is 3.07. The highest BCUT2D eigenvalue weighted by atomic mass is 19.4. The number of benzene rings is 1. The van der Waals surface area contributed by atoms with Gasteiger partial charge in [-0.1, -0.05) is 0 Å². The van der Waals surface area contributed by atoms with Crippen LogP contribution in [0.15, 0.2) is 53.1 Å². The van der Waals surface area contributed by atoms with Gasteiger partial charge in [-0.05, 0) is 36.4 Å². The molecule has 0 spiro atoms. The molecular weight excluding hydrogens is 283 g/mol. The zero-order chi connectivity index (χ0) is 15.0. The summed E-state index contributed by atoms with van der Waals surface area (Å²) in [5.41, 5.74) is 5.80. The van der Waals surface area contributed by atoms with E-state index in [4.69, 9.17) is 10.2 Å². The molecule has 3 rings (SSSR count). The fourth-order valence-electron chi connectivity index (χ4n) is 1.93. The van der Waals surface area contributed by atoms with E-state index >= 15 is 0 Å². The fraction of sp³-hybridized carbons (Fsp3) is 0.0714. The quantitative estimate of drug-likeness (QED) is 0.732. The lowest BCUT2D eigenvalue weighted by molar-refractivity contribution is -0.141. The first-order valence-corrected chi connectivity index (χ1v) is 6.02. The van der Waals surface area contributed by atoms with Crippen molar-refractivity contribution in [1.82, 2.24) is 9.78 Å². The number of hydrogen-bond acceptors (Lipinski definition) is 3. The number of nitrogen functional groups attached to an aromatic ring is 1. The second-order valence-electron chi connectivity index (χ2n) is 4.39. The Bertz CT molecular complexity index is 743. The highest BCUT2D eigenvalue weighted by molar-refractivity contribution is 5.58. The van der Waals surface area contributed by atoms with Gasteiger partial charge < -0.3 is 10.2 Å². The maximum atomic E-state index is 12.9. The fourth-order valence-corrected chi connectivity index (χ4v) is 1.93. The molecule has 0 atom stereocenters. The van der Waals surface area contributed by atoms with Crippen LogP contribution in [0.2, 0.25) is 0 Å². The summed E-state index contributed by atoms with van der Waals surface area (Å²) >= 11 is 0. The van der Waals surface area contributed by atoms with Gasteiger partial charge in [-0.3, -0.25) is 0 Å². The summed E-state index contributed by atoms with van der Waals surface area (Å²) < 4.78 is 45.0. The van der Waals surface area contributed by atoms with Crippen molar-refractivity contribution in [2.45, 2.75) is 6.18 Å². The van der Waals surface area contributed by atoms with Crippen LogP contribution in [-0.4, -0.2) is 9.78 Å². The Morgan fingerprint density at radius 1 is 1.10 bits per heavy atom. The molecule has 1 aromatic carbocycles. The Balaban J connectivity index is 2.18. The lowest BCUT2D eigenvalue weighted by Gasteiger charge is -2.06. The minimum atomic E-state index is -4.53. The van der Waals surface area contributed by atoms with Crippen LogP contribution < -0.4 is 5.73 Å². The van der Waals surface area contributed by atoms with E-state index in [0.29, 0.717) is 17.1 Å². The van der Waals surface area contributed by atoms with E-state index in [1.807, 2.05) is 0 Å².